The van der Waals surface area contributed by atoms with E-state index in [0.717, 1.165) is 17.0 Å². The highest BCUT2D eigenvalue weighted by Gasteiger charge is 2.16. The van der Waals surface area contributed by atoms with Crippen molar-refractivity contribution in [1.82, 2.24) is 15.1 Å². The molecule has 0 spiro atoms. The lowest BCUT2D eigenvalue weighted by Crippen LogP contribution is -2.32. The lowest BCUT2D eigenvalue weighted by molar-refractivity contribution is -0.154. The number of rotatable bonds is 3. The lowest BCUT2D eigenvalue weighted by atomic mass is 10.2. The van der Waals surface area contributed by atoms with Gasteiger partial charge >= 0.3 is 11.9 Å². The summed E-state index contributed by atoms with van der Waals surface area (Å²) in [5.41, 5.74) is 2.73. The Kier molecular flexibility index (Phi) is 4.25. The molecule has 1 aromatic rings. The van der Waals surface area contributed by atoms with E-state index in [1.54, 1.807) is 11.6 Å². The first-order chi connectivity index (χ1) is 7.97. The molecule has 1 N–H and O–H groups in total. The van der Waals surface area contributed by atoms with Crippen LogP contribution in [0, 0.1) is 13.8 Å². The fourth-order valence-corrected chi connectivity index (χ4v) is 1.51. The molecule has 0 radical (unpaired) electrons. The molecule has 0 saturated carbocycles. The summed E-state index contributed by atoms with van der Waals surface area (Å²) < 4.78 is 6.32. The smallest absolute Gasteiger partial charge is 0.396 e. The number of carbonyl (C=O) groups is 2. The van der Waals surface area contributed by atoms with Crippen LogP contribution < -0.4 is 5.32 Å². The van der Waals surface area contributed by atoms with Crippen molar-refractivity contribution in [2.45, 2.75) is 27.3 Å². The molecule has 0 atom stereocenters. The van der Waals surface area contributed by atoms with Gasteiger partial charge in [-0.2, -0.15) is 5.10 Å². The van der Waals surface area contributed by atoms with Crippen molar-refractivity contribution in [1.29, 1.82) is 0 Å². The topological polar surface area (TPSA) is 73.2 Å². The lowest BCUT2D eigenvalue weighted by Gasteiger charge is -2.05. The summed E-state index contributed by atoms with van der Waals surface area (Å²) in [6.45, 7) is 5.89. The third-order valence-electron chi connectivity index (χ3n) is 2.55. The van der Waals surface area contributed by atoms with E-state index in [1.165, 1.54) is 0 Å². The number of amides is 1. The first kappa shape index (κ1) is 13.2. The highest BCUT2D eigenvalue weighted by molar-refractivity contribution is 6.32. The van der Waals surface area contributed by atoms with E-state index in [0.29, 0.717) is 0 Å². The van der Waals surface area contributed by atoms with Gasteiger partial charge in [0.25, 0.3) is 0 Å². The predicted molar refractivity (Wildman–Crippen MR) is 61.2 cm³/mol. The summed E-state index contributed by atoms with van der Waals surface area (Å²) in [7, 11) is 1.83. The maximum absolute atomic E-state index is 11.3. The summed E-state index contributed by atoms with van der Waals surface area (Å²) in [6.07, 6.45) is 0. The number of hydrogen-bond donors (Lipinski definition) is 1. The van der Waals surface area contributed by atoms with Gasteiger partial charge in [0.15, 0.2) is 0 Å². The number of aromatic nitrogens is 2. The molecule has 17 heavy (non-hydrogen) atoms. The number of ether oxygens (including phenoxy) is 1. The Labute approximate surface area is 99.9 Å². The second kappa shape index (κ2) is 5.47. The summed E-state index contributed by atoms with van der Waals surface area (Å²) in [4.78, 5) is 22.4. The standard InChI is InChI=1S/C11H17N3O3/c1-5-17-11(16)10(15)12-6-9-7(2)13-14(4)8(9)3/h5-6H2,1-4H3,(H,12,15). The van der Waals surface area contributed by atoms with Gasteiger partial charge in [0, 0.05) is 24.8 Å². The van der Waals surface area contributed by atoms with E-state index < -0.39 is 11.9 Å². The Bertz CT molecular complexity index is 437. The van der Waals surface area contributed by atoms with Gasteiger partial charge < -0.3 is 10.1 Å². The minimum Gasteiger partial charge on any atom is -0.459 e. The molecule has 1 heterocycles. The van der Waals surface area contributed by atoms with Crippen molar-refractivity contribution in [3.63, 3.8) is 0 Å². The van der Waals surface area contributed by atoms with E-state index >= 15 is 0 Å². The highest BCUT2D eigenvalue weighted by Crippen LogP contribution is 2.10. The minimum absolute atomic E-state index is 0.192. The summed E-state index contributed by atoms with van der Waals surface area (Å²) in [6, 6.07) is 0. The van der Waals surface area contributed by atoms with Crippen LogP contribution in [0.25, 0.3) is 0 Å². The van der Waals surface area contributed by atoms with Crippen molar-refractivity contribution in [3.05, 3.63) is 17.0 Å². The Balaban J connectivity index is 2.62. The molecule has 0 fully saturated rings. The summed E-state index contributed by atoms with van der Waals surface area (Å²) in [5, 5.41) is 6.73. The van der Waals surface area contributed by atoms with Crippen molar-refractivity contribution < 1.29 is 14.3 Å². The molecule has 6 nitrogen and oxygen atoms in total. The molecule has 0 aliphatic carbocycles. The van der Waals surface area contributed by atoms with Crippen LogP contribution >= 0.6 is 0 Å². The monoisotopic (exact) mass is 239 g/mol. The highest BCUT2D eigenvalue weighted by atomic mass is 16.5. The number of carbonyl (C=O) groups excluding carboxylic acids is 2. The predicted octanol–water partition coefficient (Wildman–Crippen LogP) is 0.216. The van der Waals surface area contributed by atoms with Gasteiger partial charge in [-0.3, -0.25) is 9.48 Å². The zero-order valence-corrected chi connectivity index (χ0v) is 10.5. The molecule has 0 bridgehead atoms. The van der Waals surface area contributed by atoms with E-state index in [1.807, 2.05) is 20.9 Å². The molecule has 0 aromatic carbocycles. The van der Waals surface area contributed by atoms with Gasteiger partial charge in [-0.1, -0.05) is 0 Å². The van der Waals surface area contributed by atoms with E-state index in [-0.39, 0.29) is 13.2 Å². The number of nitrogens with one attached hydrogen (secondary N) is 1. The molecule has 0 unspecified atom stereocenters. The fraction of sp³-hybridized carbons (Fsp3) is 0.545. The van der Waals surface area contributed by atoms with Crippen LogP contribution in [-0.2, 0) is 27.9 Å². The van der Waals surface area contributed by atoms with Crippen LogP contribution in [0.1, 0.15) is 23.9 Å². The number of hydrogen-bond acceptors (Lipinski definition) is 4. The minimum atomic E-state index is -0.855. The van der Waals surface area contributed by atoms with Crippen LogP contribution in [0.2, 0.25) is 0 Å². The molecular weight excluding hydrogens is 222 g/mol. The average Bonchev–Trinajstić information content (AvgIpc) is 2.51. The van der Waals surface area contributed by atoms with Crippen molar-refractivity contribution in [2.24, 2.45) is 7.05 Å². The third-order valence-corrected chi connectivity index (χ3v) is 2.55. The van der Waals surface area contributed by atoms with Gasteiger partial charge in [0.2, 0.25) is 0 Å². The van der Waals surface area contributed by atoms with Crippen LogP contribution in [0.4, 0.5) is 0 Å². The number of nitrogens with zero attached hydrogens (tertiary/aromatic N) is 2. The molecule has 1 rings (SSSR count). The maximum Gasteiger partial charge on any atom is 0.396 e. The van der Waals surface area contributed by atoms with Gasteiger partial charge in [-0.15, -0.1) is 0 Å². The Hall–Kier alpha value is -1.85. The molecule has 6 heteroatoms. The molecule has 0 aliphatic rings. The van der Waals surface area contributed by atoms with Crippen molar-refractivity contribution in [2.75, 3.05) is 6.61 Å². The van der Waals surface area contributed by atoms with Crippen molar-refractivity contribution in [3.8, 4) is 0 Å². The van der Waals surface area contributed by atoms with E-state index in [4.69, 9.17) is 0 Å². The Morgan fingerprint density at radius 1 is 1.41 bits per heavy atom. The van der Waals surface area contributed by atoms with Gasteiger partial charge in [-0.25, -0.2) is 4.79 Å². The third kappa shape index (κ3) is 3.05. The molecular formula is C11H17N3O3. The van der Waals surface area contributed by atoms with E-state index in [2.05, 4.69) is 15.2 Å². The van der Waals surface area contributed by atoms with E-state index in [9.17, 15) is 9.59 Å². The Morgan fingerprint density at radius 3 is 2.53 bits per heavy atom. The first-order valence-corrected chi connectivity index (χ1v) is 5.41. The van der Waals surface area contributed by atoms with Gasteiger partial charge in [0.05, 0.1) is 12.3 Å². The average molecular weight is 239 g/mol. The SMILES string of the molecule is CCOC(=O)C(=O)NCc1c(C)nn(C)c1C. The molecule has 0 aliphatic heterocycles. The van der Waals surface area contributed by atoms with Gasteiger partial charge in [-0.05, 0) is 20.8 Å². The molecule has 0 saturated heterocycles. The van der Waals surface area contributed by atoms with Crippen LogP contribution in [0.15, 0.2) is 0 Å². The first-order valence-electron chi connectivity index (χ1n) is 5.41. The van der Waals surface area contributed by atoms with Crippen molar-refractivity contribution >= 4 is 11.9 Å². The zero-order chi connectivity index (χ0) is 13.0. The molecule has 1 aromatic heterocycles. The number of esters is 1. The number of aryl methyl sites for hydroxylation is 2. The second-order valence-electron chi connectivity index (χ2n) is 3.68. The fourth-order valence-electron chi connectivity index (χ4n) is 1.51. The second-order valence-corrected chi connectivity index (χ2v) is 3.68. The largest absolute Gasteiger partial charge is 0.459 e. The maximum atomic E-state index is 11.3. The summed E-state index contributed by atoms with van der Waals surface area (Å²) >= 11 is 0. The zero-order valence-electron chi connectivity index (χ0n) is 10.5. The quantitative estimate of drug-likeness (QED) is 0.604. The normalized spacial score (nSPS) is 10.1. The van der Waals surface area contributed by atoms with Crippen LogP contribution in [-0.4, -0.2) is 28.3 Å². The van der Waals surface area contributed by atoms with Crippen LogP contribution in [0.3, 0.4) is 0 Å². The summed E-state index contributed by atoms with van der Waals surface area (Å²) in [5.74, 6) is -1.58. The van der Waals surface area contributed by atoms with Crippen LogP contribution in [0.5, 0.6) is 0 Å². The van der Waals surface area contributed by atoms with Gasteiger partial charge in [0.1, 0.15) is 0 Å². The molecule has 1 amide bonds. The Morgan fingerprint density at radius 2 is 2.06 bits per heavy atom. The molecule has 94 valence electrons.